The van der Waals surface area contributed by atoms with Crippen LogP contribution in [0.1, 0.15) is 31.5 Å². The molecule has 0 radical (unpaired) electrons. The van der Waals surface area contributed by atoms with Crippen LogP contribution in [0, 0.1) is 11.6 Å². The van der Waals surface area contributed by atoms with E-state index in [-0.39, 0.29) is 0 Å². The molecule has 0 aliphatic heterocycles. The van der Waals surface area contributed by atoms with Crippen molar-refractivity contribution in [3.05, 3.63) is 41.9 Å². The van der Waals surface area contributed by atoms with Crippen molar-refractivity contribution in [3.63, 3.8) is 0 Å². The second-order valence-corrected chi connectivity index (χ2v) is 5.14. The van der Waals surface area contributed by atoms with Crippen molar-refractivity contribution in [2.24, 2.45) is 5.73 Å². The largest absolute Gasteiger partial charge is 0.340 e. The van der Waals surface area contributed by atoms with Gasteiger partial charge in [-0.3, -0.25) is 0 Å². The van der Waals surface area contributed by atoms with Crippen LogP contribution in [0.3, 0.4) is 0 Å². The number of imidazole rings is 1. The number of aromatic amines is 1. The highest BCUT2D eigenvalue weighted by molar-refractivity contribution is 5.58. The molecule has 0 bridgehead atoms. The van der Waals surface area contributed by atoms with Crippen LogP contribution >= 0.6 is 0 Å². The Labute approximate surface area is 109 Å². The summed E-state index contributed by atoms with van der Waals surface area (Å²) < 4.78 is 26.1. The Bertz CT molecular complexity index is 600. The van der Waals surface area contributed by atoms with Crippen molar-refractivity contribution in [2.75, 3.05) is 0 Å². The number of aromatic nitrogens is 2. The normalized spacial score (nSPS) is 17.8. The SMILES string of the molecule is NC1(c2ncc(-c3ccc(F)c(F)c3)[nH]2)CCCC1. The van der Waals surface area contributed by atoms with Crippen molar-refractivity contribution in [1.29, 1.82) is 0 Å². The summed E-state index contributed by atoms with van der Waals surface area (Å²) in [7, 11) is 0. The van der Waals surface area contributed by atoms with E-state index in [9.17, 15) is 8.78 Å². The molecule has 0 spiro atoms. The number of halogens is 2. The van der Waals surface area contributed by atoms with Gasteiger partial charge in [0.15, 0.2) is 11.6 Å². The number of nitrogens with zero attached hydrogens (tertiary/aromatic N) is 1. The summed E-state index contributed by atoms with van der Waals surface area (Å²) >= 11 is 0. The molecule has 2 aromatic rings. The summed E-state index contributed by atoms with van der Waals surface area (Å²) in [5.74, 6) is -0.990. The monoisotopic (exact) mass is 263 g/mol. The molecular formula is C14H15F2N3. The highest BCUT2D eigenvalue weighted by atomic mass is 19.2. The quantitative estimate of drug-likeness (QED) is 0.874. The van der Waals surface area contributed by atoms with Crippen molar-refractivity contribution in [1.82, 2.24) is 9.97 Å². The van der Waals surface area contributed by atoms with Crippen LogP contribution < -0.4 is 5.73 Å². The van der Waals surface area contributed by atoms with Gasteiger partial charge in [-0.05, 0) is 31.0 Å². The first kappa shape index (κ1) is 12.3. The van der Waals surface area contributed by atoms with E-state index in [0.29, 0.717) is 11.3 Å². The van der Waals surface area contributed by atoms with Crippen LogP contribution in [0.15, 0.2) is 24.4 Å². The topological polar surface area (TPSA) is 54.7 Å². The minimum Gasteiger partial charge on any atom is -0.340 e. The summed E-state index contributed by atoms with van der Waals surface area (Å²) in [4.78, 5) is 7.44. The summed E-state index contributed by atoms with van der Waals surface area (Å²) in [5, 5.41) is 0. The Kier molecular flexibility index (Phi) is 2.86. The van der Waals surface area contributed by atoms with Crippen molar-refractivity contribution in [2.45, 2.75) is 31.2 Å². The maximum absolute atomic E-state index is 13.2. The van der Waals surface area contributed by atoms with Crippen molar-refractivity contribution in [3.8, 4) is 11.3 Å². The molecule has 5 heteroatoms. The van der Waals surface area contributed by atoms with Crippen molar-refractivity contribution < 1.29 is 8.78 Å². The number of rotatable bonds is 2. The summed E-state index contributed by atoms with van der Waals surface area (Å²) in [5.41, 5.74) is 7.12. The van der Waals surface area contributed by atoms with Crippen molar-refractivity contribution >= 4 is 0 Å². The summed E-state index contributed by atoms with van der Waals surface area (Å²) in [6, 6.07) is 3.79. The molecule has 1 aromatic heterocycles. The fraction of sp³-hybridized carbons (Fsp3) is 0.357. The zero-order valence-corrected chi connectivity index (χ0v) is 10.4. The van der Waals surface area contributed by atoms with E-state index < -0.39 is 17.2 Å². The molecule has 1 saturated carbocycles. The van der Waals surface area contributed by atoms with E-state index in [1.807, 2.05) is 0 Å². The number of benzene rings is 1. The smallest absolute Gasteiger partial charge is 0.159 e. The summed E-state index contributed by atoms with van der Waals surface area (Å²) in [6.45, 7) is 0. The fourth-order valence-corrected chi connectivity index (χ4v) is 2.63. The maximum atomic E-state index is 13.2. The first-order chi connectivity index (χ1) is 9.08. The lowest BCUT2D eigenvalue weighted by molar-refractivity contribution is 0.436. The third-order valence-electron chi connectivity index (χ3n) is 3.77. The Morgan fingerprint density at radius 3 is 2.58 bits per heavy atom. The van der Waals surface area contributed by atoms with Gasteiger partial charge >= 0.3 is 0 Å². The van der Waals surface area contributed by atoms with Crippen LogP contribution in [0.4, 0.5) is 8.78 Å². The molecule has 0 atom stereocenters. The minimum atomic E-state index is -0.864. The van der Waals surface area contributed by atoms with Gasteiger partial charge in [0.2, 0.25) is 0 Å². The molecule has 0 saturated heterocycles. The van der Waals surface area contributed by atoms with Crippen LogP contribution in [-0.2, 0) is 5.54 Å². The van der Waals surface area contributed by atoms with Gasteiger partial charge in [-0.15, -0.1) is 0 Å². The van der Waals surface area contributed by atoms with Crippen LogP contribution in [0.25, 0.3) is 11.3 Å². The lowest BCUT2D eigenvalue weighted by Crippen LogP contribution is -2.34. The molecule has 3 rings (SSSR count). The van der Waals surface area contributed by atoms with E-state index in [1.54, 1.807) is 6.20 Å². The minimum absolute atomic E-state index is 0.406. The molecule has 3 N–H and O–H groups in total. The predicted octanol–water partition coefficient (Wildman–Crippen LogP) is 3.08. The fourth-order valence-electron chi connectivity index (χ4n) is 2.63. The van der Waals surface area contributed by atoms with Gasteiger partial charge in [0.05, 0.1) is 17.4 Å². The maximum Gasteiger partial charge on any atom is 0.159 e. The highest BCUT2D eigenvalue weighted by Gasteiger charge is 2.34. The van der Waals surface area contributed by atoms with E-state index in [1.165, 1.54) is 6.07 Å². The zero-order valence-electron chi connectivity index (χ0n) is 10.4. The highest BCUT2D eigenvalue weighted by Crippen LogP contribution is 2.35. The third kappa shape index (κ3) is 2.14. The van der Waals surface area contributed by atoms with E-state index >= 15 is 0 Å². The third-order valence-corrected chi connectivity index (χ3v) is 3.77. The standard InChI is InChI=1S/C14H15F2N3/c15-10-4-3-9(7-11(10)16)12-8-18-13(19-12)14(17)5-1-2-6-14/h3-4,7-8H,1-2,5-6,17H2,(H,18,19). The van der Waals surface area contributed by atoms with E-state index in [4.69, 9.17) is 5.73 Å². The number of hydrogen-bond donors (Lipinski definition) is 2. The average molecular weight is 263 g/mol. The van der Waals surface area contributed by atoms with Gasteiger partial charge in [-0.1, -0.05) is 12.8 Å². The molecule has 1 fully saturated rings. The molecule has 100 valence electrons. The number of H-pyrrole nitrogens is 1. The molecule has 1 heterocycles. The Balaban J connectivity index is 1.94. The number of hydrogen-bond acceptors (Lipinski definition) is 2. The molecule has 19 heavy (non-hydrogen) atoms. The van der Waals surface area contributed by atoms with Gasteiger partial charge in [0, 0.05) is 5.56 Å². The lowest BCUT2D eigenvalue weighted by Gasteiger charge is -2.20. The molecule has 3 nitrogen and oxygen atoms in total. The first-order valence-corrected chi connectivity index (χ1v) is 6.38. The summed E-state index contributed by atoms with van der Waals surface area (Å²) in [6.07, 6.45) is 5.61. The van der Waals surface area contributed by atoms with Gasteiger partial charge in [-0.25, -0.2) is 13.8 Å². The lowest BCUT2D eigenvalue weighted by atomic mass is 9.99. The van der Waals surface area contributed by atoms with Crippen LogP contribution in [0.2, 0.25) is 0 Å². The van der Waals surface area contributed by atoms with E-state index in [2.05, 4.69) is 9.97 Å². The van der Waals surface area contributed by atoms with Gasteiger partial charge in [0.25, 0.3) is 0 Å². The number of nitrogens with two attached hydrogens (primary N) is 1. The molecule has 0 unspecified atom stereocenters. The van der Waals surface area contributed by atoms with Gasteiger partial charge in [0.1, 0.15) is 5.82 Å². The Hall–Kier alpha value is -1.75. The second-order valence-electron chi connectivity index (χ2n) is 5.14. The van der Waals surface area contributed by atoms with Gasteiger partial charge in [-0.2, -0.15) is 0 Å². The molecule has 1 aliphatic rings. The van der Waals surface area contributed by atoms with Crippen LogP contribution in [0.5, 0.6) is 0 Å². The molecule has 0 amide bonds. The number of nitrogens with one attached hydrogen (secondary N) is 1. The van der Waals surface area contributed by atoms with Crippen LogP contribution in [-0.4, -0.2) is 9.97 Å². The molecule has 1 aromatic carbocycles. The molecule has 1 aliphatic carbocycles. The Morgan fingerprint density at radius 2 is 1.89 bits per heavy atom. The molecular weight excluding hydrogens is 248 g/mol. The second kappa shape index (κ2) is 4.42. The Morgan fingerprint density at radius 1 is 1.16 bits per heavy atom. The predicted molar refractivity (Wildman–Crippen MR) is 68.3 cm³/mol. The van der Waals surface area contributed by atoms with E-state index in [0.717, 1.165) is 43.6 Å². The first-order valence-electron chi connectivity index (χ1n) is 6.38. The average Bonchev–Trinajstić information content (AvgIpc) is 3.02. The zero-order chi connectivity index (χ0) is 13.5. The van der Waals surface area contributed by atoms with Gasteiger partial charge < -0.3 is 10.7 Å².